The molecule has 1 aliphatic carbocycles. The van der Waals surface area contributed by atoms with Crippen LogP contribution in [-0.4, -0.2) is 30.5 Å². The van der Waals surface area contributed by atoms with Gasteiger partial charge in [0.2, 0.25) is 0 Å². The molecule has 0 radical (unpaired) electrons. The van der Waals surface area contributed by atoms with Gasteiger partial charge in [-0.05, 0) is 37.5 Å². The van der Waals surface area contributed by atoms with Crippen molar-refractivity contribution >= 4 is 5.91 Å². The summed E-state index contributed by atoms with van der Waals surface area (Å²) < 4.78 is 11.2. The normalized spacial score (nSPS) is 17.9. The maximum Gasteiger partial charge on any atom is 0.255 e. The van der Waals surface area contributed by atoms with Crippen LogP contribution in [-0.2, 0) is 19.5 Å². The smallest absolute Gasteiger partial charge is 0.255 e. The van der Waals surface area contributed by atoms with Gasteiger partial charge in [-0.25, -0.2) is 0 Å². The third-order valence-electron chi connectivity index (χ3n) is 6.04. The predicted molar refractivity (Wildman–Crippen MR) is 109 cm³/mol. The molecule has 1 fully saturated rings. The van der Waals surface area contributed by atoms with E-state index < -0.39 is 0 Å². The van der Waals surface area contributed by atoms with Crippen molar-refractivity contribution in [2.75, 3.05) is 13.7 Å². The summed E-state index contributed by atoms with van der Waals surface area (Å²) in [6, 6.07) is 8.51. The largest absolute Gasteiger partial charge is 0.497 e. The molecule has 1 aromatic carbocycles. The Morgan fingerprint density at radius 2 is 1.96 bits per heavy atom. The lowest BCUT2D eigenvalue weighted by Gasteiger charge is -2.27. The van der Waals surface area contributed by atoms with E-state index in [-0.39, 0.29) is 5.91 Å². The summed E-state index contributed by atoms with van der Waals surface area (Å²) in [5.74, 6) is 2.65. The van der Waals surface area contributed by atoms with Gasteiger partial charge in [0, 0.05) is 37.7 Å². The number of methoxy groups -OCH3 is 1. The minimum Gasteiger partial charge on any atom is -0.497 e. The highest BCUT2D eigenvalue weighted by molar-refractivity contribution is 5.97. The molecule has 2 aromatic rings. The van der Waals surface area contributed by atoms with Crippen molar-refractivity contribution < 1.29 is 13.9 Å². The predicted octanol–water partition coefficient (Wildman–Crippen LogP) is 4.22. The van der Waals surface area contributed by atoms with Crippen LogP contribution in [0.4, 0.5) is 0 Å². The topological polar surface area (TPSA) is 54.7 Å². The Morgan fingerprint density at radius 3 is 2.68 bits per heavy atom. The van der Waals surface area contributed by atoms with E-state index in [0.29, 0.717) is 6.04 Å². The van der Waals surface area contributed by atoms with E-state index in [1.54, 1.807) is 7.11 Å². The average Bonchev–Trinajstić information content (AvgIpc) is 3.04. The summed E-state index contributed by atoms with van der Waals surface area (Å²) in [7, 11) is 1.68. The number of benzene rings is 1. The van der Waals surface area contributed by atoms with Crippen molar-refractivity contribution in [3.05, 3.63) is 52.5 Å². The lowest BCUT2D eigenvalue weighted by molar-refractivity contribution is 0.0924. The van der Waals surface area contributed by atoms with Gasteiger partial charge in [-0.2, -0.15) is 0 Å². The molecular weight excluding hydrogens is 352 g/mol. The van der Waals surface area contributed by atoms with E-state index in [4.69, 9.17) is 9.15 Å². The van der Waals surface area contributed by atoms with E-state index in [1.807, 2.05) is 19.1 Å². The Balaban J connectivity index is 1.46. The first-order valence-electron chi connectivity index (χ1n) is 10.4. The Kier molecular flexibility index (Phi) is 5.72. The summed E-state index contributed by atoms with van der Waals surface area (Å²) in [4.78, 5) is 15.4. The summed E-state index contributed by atoms with van der Waals surface area (Å²) in [6.45, 7) is 4.47. The fourth-order valence-corrected chi connectivity index (χ4v) is 4.51. The lowest BCUT2D eigenvalue weighted by atomic mass is 9.94. The Bertz CT molecular complexity index is 819. The number of fused-ring (bicyclic) bond motifs is 1. The zero-order valence-corrected chi connectivity index (χ0v) is 16.9. The maximum absolute atomic E-state index is 13.0. The molecule has 150 valence electrons. The second kappa shape index (κ2) is 8.39. The van der Waals surface area contributed by atoms with E-state index in [9.17, 15) is 4.79 Å². The highest BCUT2D eigenvalue weighted by Crippen LogP contribution is 2.29. The second-order valence-electron chi connectivity index (χ2n) is 8.05. The molecule has 28 heavy (non-hydrogen) atoms. The standard InChI is InChI=1S/C23H30N2O3/c1-16-22(23(26)24-18-6-4-3-5-7-18)20-15-25(13-12-21(20)28-16)14-17-8-10-19(27-2)11-9-17/h8-11,18H,3-7,12-15H2,1-2H3,(H,24,26). The van der Waals surface area contributed by atoms with Gasteiger partial charge in [0.25, 0.3) is 5.91 Å². The highest BCUT2D eigenvalue weighted by atomic mass is 16.5. The van der Waals surface area contributed by atoms with Crippen LogP contribution in [0.3, 0.4) is 0 Å². The van der Waals surface area contributed by atoms with Crippen LogP contribution in [0, 0.1) is 6.92 Å². The Morgan fingerprint density at radius 1 is 1.21 bits per heavy atom. The number of furan rings is 1. The third kappa shape index (κ3) is 4.09. The maximum atomic E-state index is 13.0. The van der Waals surface area contributed by atoms with Crippen LogP contribution in [0.25, 0.3) is 0 Å². The summed E-state index contributed by atoms with van der Waals surface area (Å²) >= 11 is 0. The summed E-state index contributed by atoms with van der Waals surface area (Å²) in [6.07, 6.45) is 6.74. The van der Waals surface area contributed by atoms with Crippen LogP contribution < -0.4 is 10.1 Å². The van der Waals surface area contributed by atoms with Crippen LogP contribution in [0.1, 0.15) is 65.1 Å². The van der Waals surface area contributed by atoms with Crippen molar-refractivity contribution in [2.24, 2.45) is 0 Å². The molecule has 0 unspecified atom stereocenters. The molecule has 1 aliphatic heterocycles. The molecule has 5 nitrogen and oxygen atoms in total. The Hall–Kier alpha value is -2.27. The number of nitrogens with zero attached hydrogens (tertiary/aromatic N) is 1. The number of hydrogen-bond acceptors (Lipinski definition) is 4. The lowest BCUT2D eigenvalue weighted by Crippen LogP contribution is -2.37. The number of amides is 1. The van der Waals surface area contributed by atoms with E-state index in [1.165, 1.54) is 24.8 Å². The van der Waals surface area contributed by atoms with Gasteiger partial charge in [-0.1, -0.05) is 31.4 Å². The van der Waals surface area contributed by atoms with Crippen molar-refractivity contribution in [2.45, 2.75) is 64.6 Å². The van der Waals surface area contributed by atoms with Crippen LogP contribution >= 0.6 is 0 Å². The summed E-state index contributed by atoms with van der Waals surface area (Å²) in [5, 5.41) is 3.26. The average molecular weight is 383 g/mol. The molecule has 4 rings (SSSR count). The van der Waals surface area contributed by atoms with E-state index in [0.717, 1.165) is 67.3 Å². The molecule has 0 bridgehead atoms. The van der Waals surface area contributed by atoms with Crippen molar-refractivity contribution in [1.82, 2.24) is 10.2 Å². The molecule has 1 aromatic heterocycles. The second-order valence-corrected chi connectivity index (χ2v) is 8.05. The first-order chi connectivity index (χ1) is 13.6. The number of rotatable bonds is 5. The van der Waals surface area contributed by atoms with Gasteiger partial charge in [-0.15, -0.1) is 0 Å². The zero-order valence-electron chi connectivity index (χ0n) is 16.9. The quantitative estimate of drug-likeness (QED) is 0.841. The molecule has 2 heterocycles. The summed E-state index contributed by atoms with van der Waals surface area (Å²) in [5.41, 5.74) is 3.09. The van der Waals surface area contributed by atoms with Crippen LogP contribution in [0.15, 0.2) is 28.7 Å². The zero-order chi connectivity index (χ0) is 19.5. The number of carbonyl (C=O) groups excluding carboxylic acids is 1. The Labute approximate surface area is 167 Å². The number of ether oxygens (including phenoxy) is 1. The van der Waals surface area contributed by atoms with Crippen molar-refractivity contribution in [3.8, 4) is 5.75 Å². The van der Waals surface area contributed by atoms with Gasteiger partial charge in [0.1, 0.15) is 17.3 Å². The molecule has 0 spiro atoms. The first kappa shape index (κ1) is 19.1. The molecule has 0 atom stereocenters. The molecule has 2 aliphatic rings. The van der Waals surface area contributed by atoms with Crippen LogP contribution in [0.5, 0.6) is 5.75 Å². The third-order valence-corrected chi connectivity index (χ3v) is 6.04. The molecule has 5 heteroatoms. The number of aryl methyl sites for hydroxylation is 1. The fraction of sp³-hybridized carbons (Fsp3) is 0.522. The first-order valence-corrected chi connectivity index (χ1v) is 10.4. The van der Waals surface area contributed by atoms with Gasteiger partial charge < -0.3 is 14.5 Å². The number of nitrogens with one attached hydrogen (secondary N) is 1. The fourth-order valence-electron chi connectivity index (χ4n) is 4.51. The minimum atomic E-state index is 0.0423. The van der Waals surface area contributed by atoms with E-state index >= 15 is 0 Å². The SMILES string of the molecule is COc1ccc(CN2CCc3oc(C)c(C(=O)NC4CCCCC4)c3C2)cc1. The van der Waals surface area contributed by atoms with Crippen molar-refractivity contribution in [3.63, 3.8) is 0 Å². The molecular formula is C23H30N2O3. The monoisotopic (exact) mass is 382 g/mol. The van der Waals surface area contributed by atoms with Gasteiger partial charge in [0.05, 0.1) is 12.7 Å². The molecule has 1 saturated carbocycles. The van der Waals surface area contributed by atoms with Crippen LogP contribution in [0.2, 0.25) is 0 Å². The van der Waals surface area contributed by atoms with E-state index in [2.05, 4.69) is 22.3 Å². The highest BCUT2D eigenvalue weighted by Gasteiger charge is 2.29. The minimum absolute atomic E-state index is 0.0423. The van der Waals surface area contributed by atoms with Gasteiger partial charge in [-0.3, -0.25) is 9.69 Å². The van der Waals surface area contributed by atoms with Crippen molar-refractivity contribution in [1.29, 1.82) is 0 Å². The molecule has 1 amide bonds. The van der Waals surface area contributed by atoms with Gasteiger partial charge >= 0.3 is 0 Å². The molecule has 0 saturated heterocycles. The number of hydrogen-bond donors (Lipinski definition) is 1. The number of carbonyl (C=O) groups is 1. The molecule has 1 N–H and O–H groups in total. The van der Waals surface area contributed by atoms with Gasteiger partial charge in [0.15, 0.2) is 0 Å².